The van der Waals surface area contributed by atoms with Gasteiger partial charge in [0.2, 0.25) is 0 Å². The van der Waals surface area contributed by atoms with Crippen LogP contribution >= 0.6 is 0 Å². The van der Waals surface area contributed by atoms with Crippen molar-refractivity contribution in [3.63, 3.8) is 0 Å². The van der Waals surface area contributed by atoms with Crippen LogP contribution in [0.25, 0.3) is 0 Å². The molecule has 0 atom stereocenters. The highest BCUT2D eigenvalue weighted by Crippen LogP contribution is 2.18. The van der Waals surface area contributed by atoms with Gasteiger partial charge in [-0.3, -0.25) is 10.4 Å². The third kappa shape index (κ3) is 3.81. The SMILES string of the molecule is COc1ccc(CC=NNc2ccncc2)cc1C. The number of hydrogen-bond acceptors (Lipinski definition) is 4. The molecule has 0 fully saturated rings. The Bertz CT molecular complexity index is 553. The molecule has 1 aromatic heterocycles. The number of hydrogen-bond donors (Lipinski definition) is 1. The van der Waals surface area contributed by atoms with E-state index in [0.717, 1.165) is 23.4 Å². The first-order valence-electron chi connectivity index (χ1n) is 6.10. The lowest BCUT2D eigenvalue weighted by Crippen LogP contribution is -1.94. The van der Waals surface area contributed by atoms with Crippen molar-refractivity contribution in [1.82, 2.24) is 4.98 Å². The van der Waals surface area contributed by atoms with Gasteiger partial charge in [0.05, 0.1) is 12.8 Å². The summed E-state index contributed by atoms with van der Waals surface area (Å²) >= 11 is 0. The number of rotatable bonds is 5. The first-order chi connectivity index (χ1) is 9.29. The molecule has 19 heavy (non-hydrogen) atoms. The number of benzene rings is 1. The molecule has 0 saturated carbocycles. The van der Waals surface area contributed by atoms with Gasteiger partial charge in [-0.15, -0.1) is 0 Å². The van der Waals surface area contributed by atoms with Crippen molar-refractivity contribution < 1.29 is 4.74 Å². The molecule has 0 radical (unpaired) electrons. The van der Waals surface area contributed by atoms with E-state index in [-0.39, 0.29) is 0 Å². The Kier molecular flexibility index (Phi) is 4.50. The maximum absolute atomic E-state index is 5.23. The van der Waals surface area contributed by atoms with E-state index < -0.39 is 0 Å². The minimum atomic E-state index is 0.781. The van der Waals surface area contributed by atoms with Gasteiger partial charge in [0.15, 0.2) is 0 Å². The standard InChI is InChI=1S/C15H17N3O/c1-12-11-13(3-4-15(12)19-2)5-10-17-18-14-6-8-16-9-7-14/h3-4,6-11H,5H2,1-2H3,(H,16,18). The largest absolute Gasteiger partial charge is 0.496 e. The minimum absolute atomic E-state index is 0.781. The zero-order valence-corrected chi connectivity index (χ0v) is 11.1. The summed E-state index contributed by atoms with van der Waals surface area (Å²) in [6, 6.07) is 9.88. The molecule has 1 heterocycles. The van der Waals surface area contributed by atoms with Crippen LogP contribution in [-0.4, -0.2) is 18.3 Å². The van der Waals surface area contributed by atoms with E-state index in [4.69, 9.17) is 4.74 Å². The lowest BCUT2D eigenvalue weighted by Gasteiger charge is -2.05. The summed E-state index contributed by atoms with van der Waals surface area (Å²) in [5.41, 5.74) is 6.23. The molecule has 2 rings (SSSR count). The molecule has 1 aromatic carbocycles. The van der Waals surface area contributed by atoms with Crippen LogP contribution in [0.1, 0.15) is 11.1 Å². The molecule has 0 amide bonds. The fourth-order valence-electron chi connectivity index (χ4n) is 1.77. The van der Waals surface area contributed by atoms with E-state index in [1.165, 1.54) is 5.56 Å². The topological polar surface area (TPSA) is 46.5 Å². The van der Waals surface area contributed by atoms with Crippen molar-refractivity contribution >= 4 is 11.9 Å². The van der Waals surface area contributed by atoms with Gasteiger partial charge >= 0.3 is 0 Å². The average Bonchev–Trinajstić information content (AvgIpc) is 2.45. The highest BCUT2D eigenvalue weighted by molar-refractivity contribution is 5.63. The van der Waals surface area contributed by atoms with Crippen LogP contribution < -0.4 is 10.2 Å². The molecule has 98 valence electrons. The molecule has 2 aromatic rings. The smallest absolute Gasteiger partial charge is 0.121 e. The molecule has 0 spiro atoms. The zero-order valence-electron chi connectivity index (χ0n) is 11.1. The van der Waals surface area contributed by atoms with Crippen molar-refractivity contribution in [2.45, 2.75) is 13.3 Å². The number of anilines is 1. The molecule has 1 N–H and O–H groups in total. The lowest BCUT2D eigenvalue weighted by molar-refractivity contribution is 0.411. The Hall–Kier alpha value is -2.36. The van der Waals surface area contributed by atoms with Crippen LogP contribution in [0.4, 0.5) is 5.69 Å². The van der Waals surface area contributed by atoms with Crippen molar-refractivity contribution in [2.24, 2.45) is 5.10 Å². The molecule has 0 unspecified atom stereocenters. The van der Waals surface area contributed by atoms with Crippen LogP contribution in [0.3, 0.4) is 0 Å². The number of nitrogens with one attached hydrogen (secondary N) is 1. The molecule has 4 heteroatoms. The number of methoxy groups -OCH3 is 1. The van der Waals surface area contributed by atoms with Crippen LogP contribution in [0.5, 0.6) is 5.75 Å². The number of hydrazone groups is 1. The van der Waals surface area contributed by atoms with Crippen molar-refractivity contribution in [3.8, 4) is 5.75 Å². The predicted octanol–water partition coefficient (Wildman–Crippen LogP) is 3.04. The number of ether oxygens (including phenoxy) is 1. The van der Waals surface area contributed by atoms with Crippen molar-refractivity contribution in [1.29, 1.82) is 0 Å². The Morgan fingerprint density at radius 2 is 2.05 bits per heavy atom. The molecule has 4 nitrogen and oxygen atoms in total. The van der Waals surface area contributed by atoms with Crippen molar-refractivity contribution in [2.75, 3.05) is 12.5 Å². The monoisotopic (exact) mass is 255 g/mol. The first-order valence-corrected chi connectivity index (χ1v) is 6.10. The van der Waals surface area contributed by atoms with E-state index in [1.807, 2.05) is 37.4 Å². The molecule has 0 bridgehead atoms. The van der Waals surface area contributed by atoms with Crippen LogP contribution in [0.15, 0.2) is 47.8 Å². The summed E-state index contributed by atoms with van der Waals surface area (Å²) in [5.74, 6) is 0.913. The van der Waals surface area contributed by atoms with Gasteiger partial charge in [-0.1, -0.05) is 12.1 Å². The van der Waals surface area contributed by atoms with E-state index in [2.05, 4.69) is 21.6 Å². The molecule has 0 aliphatic rings. The third-order valence-electron chi connectivity index (χ3n) is 2.75. The van der Waals surface area contributed by atoms with Crippen LogP contribution in [0, 0.1) is 6.92 Å². The minimum Gasteiger partial charge on any atom is -0.496 e. The number of pyridine rings is 1. The average molecular weight is 255 g/mol. The molecule has 0 saturated heterocycles. The molecule has 0 aliphatic heterocycles. The van der Waals surface area contributed by atoms with Gasteiger partial charge in [-0.25, -0.2) is 0 Å². The summed E-state index contributed by atoms with van der Waals surface area (Å²) in [7, 11) is 1.68. The maximum atomic E-state index is 5.23. The Morgan fingerprint density at radius 3 is 2.74 bits per heavy atom. The molecule has 0 aliphatic carbocycles. The summed E-state index contributed by atoms with van der Waals surface area (Å²) in [5, 5.41) is 4.18. The quantitative estimate of drug-likeness (QED) is 0.660. The molecular formula is C15H17N3O. The van der Waals surface area contributed by atoms with Crippen LogP contribution in [-0.2, 0) is 6.42 Å². The van der Waals surface area contributed by atoms with E-state index in [1.54, 1.807) is 19.5 Å². The zero-order chi connectivity index (χ0) is 13.5. The van der Waals surface area contributed by atoms with E-state index in [0.29, 0.717) is 0 Å². The normalized spacial score (nSPS) is 10.6. The Balaban J connectivity index is 1.90. The Labute approximate surface area is 113 Å². The summed E-state index contributed by atoms with van der Waals surface area (Å²) in [6.45, 7) is 2.04. The van der Waals surface area contributed by atoms with Gasteiger partial charge in [0.1, 0.15) is 5.75 Å². The number of aromatic nitrogens is 1. The van der Waals surface area contributed by atoms with Gasteiger partial charge < -0.3 is 4.74 Å². The maximum Gasteiger partial charge on any atom is 0.121 e. The van der Waals surface area contributed by atoms with Gasteiger partial charge in [0.25, 0.3) is 0 Å². The third-order valence-corrected chi connectivity index (χ3v) is 2.75. The highest BCUT2D eigenvalue weighted by Gasteiger charge is 1.98. The number of nitrogens with zero attached hydrogens (tertiary/aromatic N) is 2. The summed E-state index contributed by atoms with van der Waals surface area (Å²) < 4.78 is 5.23. The van der Waals surface area contributed by atoms with Crippen molar-refractivity contribution in [3.05, 3.63) is 53.9 Å². The second-order valence-corrected chi connectivity index (χ2v) is 4.17. The summed E-state index contributed by atoms with van der Waals surface area (Å²) in [4.78, 5) is 3.94. The number of aryl methyl sites for hydroxylation is 1. The van der Waals surface area contributed by atoms with Gasteiger partial charge in [0, 0.05) is 25.0 Å². The van der Waals surface area contributed by atoms with E-state index >= 15 is 0 Å². The van der Waals surface area contributed by atoms with E-state index in [9.17, 15) is 0 Å². The fraction of sp³-hybridized carbons (Fsp3) is 0.200. The van der Waals surface area contributed by atoms with Gasteiger partial charge in [-0.05, 0) is 36.2 Å². The fourth-order valence-corrected chi connectivity index (χ4v) is 1.77. The summed E-state index contributed by atoms with van der Waals surface area (Å²) in [6.07, 6.45) is 6.08. The second-order valence-electron chi connectivity index (χ2n) is 4.17. The Morgan fingerprint density at radius 1 is 1.26 bits per heavy atom. The first kappa shape index (κ1) is 13.1. The second kappa shape index (κ2) is 6.54. The predicted molar refractivity (Wildman–Crippen MR) is 77.8 cm³/mol. The highest BCUT2D eigenvalue weighted by atomic mass is 16.5. The lowest BCUT2D eigenvalue weighted by atomic mass is 10.1. The van der Waals surface area contributed by atoms with Crippen LogP contribution in [0.2, 0.25) is 0 Å². The van der Waals surface area contributed by atoms with Gasteiger partial charge in [-0.2, -0.15) is 5.10 Å². The molecular weight excluding hydrogens is 238 g/mol.